The van der Waals surface area contributed by atoms with Crippen molar-refractivity contribution in [2.24, 2.45) is 0 Å². The molecular formula is C23H27N. The van der Waals surface area contributed by atoms with Crippen molar-refractivity contribution in [3.05, 3.63) is 81.9 Å². The van der Waals surface area contributed by atoms with Gasteiger partial charge in [-0.15, -0.1) is 0 Å². The molecule has 1 unspecified atom stereocenters. The molecule has 2 aromatic carbocycles. The molecule has 3 rings (SSSR count). The minimum absolute atomic E-state index is 0.267. The van der Waals surface area contributed by atoms with Crippen LogP contribution in [0.15, 0.2) is 54.1 Å². The fraction of sp³-hybridized carbons (Fsp3) is 0.304. The van der Waals surface area contributed by atoms with Crippen LogP contribution in [-0.2, 0) is 0 Å². The predicted molar refractivity (Wildman–Crippen MR) is 105 cm³/mol. The van der Waals surface area contributed by atoms with Crippen molar-refractivity contribution >= 4 is 11.3 Å². The molecule has 1 aliphatic carbocycles. The van der Waals surface area contributed by atoms with Crippen molar-refractivity contribution in [3.63, 3.8) is 0 Å². The molecule has 0 heterocycles. The van der Waals surface area contributed by atoms with Crippen LogP contribution in [0.1, 0.15) is 54.1 Å². The molecule has 2 aromatic rings. The number of hydrogen-bond donors (Lipinski definition) is 1. The summed E-state index contributed by atoms with van der Waals surface area (Å²) in [4.78, 5) is 0. The molecule has 0 aliphatic heterocycles. The Balaban J connectivity index is 1.92. The zero-order valence-electron chi connectivity index (χ0n) is 15.4. The zero-order chi connectivity index (χ0) is 17.3. The fourth-order valence-electron chi connectivity index (χ4n) is 3.72. The second-order valence-corrected chi connectivity index (χ2v) is 7.05. The normalized spacial score (nSPS) is 15.0. The van der Waals surface area contributed by atoms with Gasteiger partial charge in [0.2, 0.25) is 0 Å². The minimum atomic E-state index is 0.267. The van der Waals surface area contributed by atoms with Gasteiger partial charge < -0.3 is 5.32 Å². The summed E-state index contributed by atoms with van der Waals surface area (Å²) in [5.74, 6) is 0. The second-order valence-electron chi connectivity index (χ2n) is 7.05. The van der Waals surface area contributed by atoms with Gasteiger partial charge in [0.15, 0.2) is 0 Å². The maximum Gasteiger partial charge on any atom is 0.0491 e. The first kappa shape index (κ1) is 16.6. The highest BCUT2D eigenvalue weighted by Crippen LogP contribution is 2.34. The Morgan fingerprint density at radius 2 is 1.62 bits per heavy atom. The second kappa shape index (κ2) is 6.68. The Hall–Kier alpha value is -2.28. The molecule has 0 saturated heterocycles. The molecule has 0 fully saturated rings. The highest BCUT2D eigenvalue weighted by atomic mass is 14.9. The van der Waals surface area contributed by atoms with Gasteiger partial charge in [0.1, 0.15) is 0 Å². The lowest BCUT2D eigenvalue weighted by Crippen LogP contribution is -2.11. The highest BCUT2D eigenvalue weighted by molar-refractivity contribution is 5.75. The molecule has 0 bridgehead atoms. The molecule has 1 nitrogen and oxygen atoms in total. The van der Waals surface area contributed by atoms with Crippen molar-refractivity contribution in [1.82, 2.24) is 0 Å². The van der Waals surface area contributed by atoms with Gasteiger partial charge in [-0.3, -0.25) is 0 Å². The van der Waals surface area contributed by atoms with Gasteiger partial charge >= 0.3 is 0 Å². The van der Waals surface area contributed by atoms with E-state index >= 15 is 0 Å². The van der Waals surface area contributed by atoms with Gasteiger partial charge in [0, 0.05) is 11.7 Å². The molecular weight excluding hydrogens is 290 g/mol. The quantitative estimate of drug-likeness (QED) is 0.677. The number of aryl methyl sites for hydroxylation is 3. The van der Waals surface area contributed by atoms with Gasteiger partial charge in [-0.1, -0.05) is 59.7 Å². The number of hydrogen-bond acceptors (Lipinski definition) is 1. The third kappa shape index (κ3) is 3.31. The molecule has 0 aromatic heterocycles. The summed E-state index contributed by atoms with van der Waals surface area (Å²) in [6, 6.07) is 13.6. The Labute approximate surface area is 146 Å². The maximum absolute atomic E-state index is 3.75. The standard InChI is InChI=1S/C23H27N/c1-15-10-11-20(14-15)22-9-7-6-8-21(22)19(5)24-23-17(3)12-16(2)13-18(23)4/h6-10,12-14,19,24H,11H2,1-5H3. The fourth-order valence-corrected chi connectivity index (χ4v) is 3.72. The summed E-state index contributed by atoms with van der Waals surface area (Å²) in [6.07, 6.45) is 5.66. The minimum Gasteiger partial charge on any atom is -0.378 e. The number of nitrogens with one attached hydrogen (secondary N) is 1. The van der Waals surface area contributed by atoms with Crippen molar-refractivity contribution < 1.29 is 0 Å². The Morgan fingerprint density at radius 1 is 0.958 bits per heavy atom. The lowest BCUT2D eigenvalue weighted by molar-refractivity contribution is 0.875. The molecule has 0 radical (unpaired) electrons. The first-order valence-corrected chi connectivity index (χ1v) is 8.76. The Kier molecular flexibility index (Phi) is 4.62. The van der Waals surface area contributed by atoms with E-state index in [1.54, 1.807) is 0 Å². The van der Waals surface area contributed by atoms with E-state index in [9.17, 15) is 0 Å². The van der Waals surface area contributed by atoms with Crippen LogP contribution in [0.3, 0.4) is 0 Å². The molecule has 0 spiro atoms. The van der Waals surface area contributed by atoms with Crippen LogP contribution in [0.5, 0.6) is 0 Å². The number of rotatable bonds is 4. The van der Waals surface area contributed by atoms with E-state index in [2.05, 4.69) is 88.5 Å². The summed E-state index contributed by atoms with van der Waals surface area (Å²) in [5.41, 5.74) is 10.7. The van der Waals surface area contributed by atoms with Crippen molar-refractivity contribution in [2.45, 2.75) is 47.1 Å². The van der Waals surface area contributed by atoms with Crippen LogP contribution in [0.2, 0.25) is 0 Å². The molecule has 1 heteroatoms. The van der Waals surface area contributed by atoms with Crippen molar-refractivity contribution in [2.75, 3.05) is 5.32 Å². The summed E-state index contributed by atoms with van der Waals surface area (Å²) in [6.45, 7) is 11.0. The smallest absolute Gasteiger partial charge is 0.0491 e. The molecule has 0 amide bonds. The van der Waals surface area contributed by atoms with Gasteiger partial charge in [-0.05, 0) is 68.9 Å². The lowest BCUT2D eigenvalue weighted by Gasteiger charge is -2.22. The summed E-state index contributed by atoms with van der Waals surface area (Å²) in [7, 11) is 0. The molecule has 1 aliphatic rings. The van der Waals surface area contributed by atoms with Gasteiger partial charge in [-0.2, -0.15) is 0 Å². The predicted octanol–water partition coefficient (Wildman–Crippen LogP) is 6.52. The number of benzene rings is 2. The Morgan fingerprint density at radius 3 is 2.25 bits per heavy atom. The first-order valence-electron chi connectivity index (χ1n) is 8.76. The number of allylic oxidation sites excluding steroid dienone is 4. The zero-order valence-corrected chi connectivity index (χ0v) is 15.4. The van der Waals surface area contributed by atoms with Crippen LogP contribution >= 0.6 is 0 Å². The van der Waals surface area contributed by atoms with Crippen molar-refractivity contribution in [1.29, 1.82) is 0 Å². The monoisotopic (exact) mass is 317 g/mol. The topological polar surface area (TPSA) is 12.0 Å². The van der Waals surface area contributed by atoms with Crippen LogP contribution in [0.25, 0.3) is 5.57 Å². The average molecular weight is 317 g/mol. The third-order valence-corrected chi connectivity index (χ3v) is 4.86. The van der Waals surface area contributed by atoms with E-state index in [1.807, 2.05) is 0 Å². The largest absolute Gasteiger partial charge is 0.378 e. The average Bonchev–Trinajstić information content (AvgIpc) is 2.97. The van der Waals surface area contributed by atoms with E-state index in [0.717, 1.165) is 6.42 Å². The third-order valence-electron chi connectivity index (χ3n) is 4.86. The summed E-state index contributed by atoms with van der Waals surface area (Å²) >= 11 is 0. The van der Waals surface area contributed by atoms with E-state index < -0.39 is 0 Å². The van der Waals surface area contributed by atoms with Crippen LogP contribution in [0.4, 0.5) is 5.69 Å². The maximum atomic E-state index is 3.75. The molecule has 1 atom stereocenters. The van der Waals surface area contributed by atoms with Crippen LogP contribution < -0.4 is 5.32 Å². The van der Waals surface area contributed by atoms with E-state index in [-0.39, 0.29) is 6.04 Å². The van der Waals surface area contributed by atoms with Gasteiger partial charge in [0.25, 0.3) is 0 Å². The number of anilines is 1. The summed E-state index contributed by atoms with van der Waals surface area (Å²) < 4.78 is 0. The SMILES string of the molecule is CC1=CCC(c2ccccc2C(C)Nc2c(C)cc(C)cc2C)=C1. The Bertz CT molecular complexity index is 801. The van der Waals surface area contributed by atoms with Gasteiger partial charge in [0.05, 0.1) is 0 Å². The van der Waals surface area contributed by atoms with E-state index in [0.29, 0.717) is 0 Å². The summed E-state index contributed by atoms with van der Waals surface area (Å²) in [5, 5.41) is 3.75. The molecule has 124 valence electrons. The van der Waals surface area contributed by atoms with E-state index in [4.69, 9.17) is 0 Å². The van der Waals surface area contributed by atoms with Crippen LogP contribution in [-0.4, -0.2) is 0 Å². The lowest BCUT2D eigenvalue weighted by atomic mass is 9.94. The first-order chi connectivity index (χ1) is 11.5. The highest BCUT2D eigenvalue weighted by Gasteiger charge is 2.16. The van der Waals surface area contributed by atoms with Gasteiger partial charge in [-0.25, -0.2) is 0 Å². The van der Waals surface area contributed by atoms with Crippen molar-refractivity contribution in [3.8, 4) is 0 Å². The van der Waals surface area contributed by atoms with Crippen LogP contribution in [0, 0.1) is 20.8 Å². The molecule has 1 N–H and O–H groups in total. The molecule has 0 saturated carbocycles. The molecule has 24 heavy (non-hydrogen) atoms. The van der Waals surface area contributed by atoms with E-state index in [1.165, 1.54) is 44.7 Å².